The maximum atomic E-state index is 12.5. The van der Waals surface area contributed by atoms with E-state index < -0.39 is 19.9 Å². The molecule has 1 aliphatic rings. The maximum absolute atomic E-state index is 12.5. The van der Waals surface area contributed by atoms with E-state index in [1.54, 1.807) is 0 Å². The van der Waals surface area contributed by atoms with Gasteiger partial charge in [0.1, 0.15) is 0 Å². The zero-order chi connectivity index (χ0) is 19.5. The minimum absolute atomic E-state index is 0.0302. The van der Waals surface area contributed by atoms with E-state index in [1.807, 2.05) is 13.8 Å². The summed E-state index contributed by atoms with van der Waals surface area (Å²) in [6.45, 7) is 6.76. The van der Waals surface area contributed by atoms with Gasteiger partial charge < -0.3 is 4.74 Å². The number of sulfonamides is 1. The Balaban J connectivity index is 1.97. The lowest BCUT2D eigenvalue weighted by atomic mass is 10.2. The Kier molecular flexibility index (Phi) is 7.25. The van der Waals surface area contributed by atoms with E-state index in [0.717, 1.165) is 25.9 Å². The molecule has 1 fully saturated rings. The number of nitrogens with one attached hydrogen (secondary N) is 1. The van der Waals surface area contributed by atoms with E-state index in [-0.39, 0.29) is 28.5 Å². The van der Waals surface area contributed by atoms with Crippen LogP contribution in [0.1, 0.15) is 20.3 Å². The lowest BCUT2D eigenvalue weighted by Crippen LogP contribution is -2.46. The van der Waals surface area contributed by atoms with Gasteiger partial charge >= 0.3 is 0 Å². The Morgan fingerprint density at radius 2 is 1.81 bits per heavy atom. The van der Waals surface area contributed by atoms with Crippen LogP contribution in [-0.4, -0.2) is 66.4 Å². The Morgan fingerprint density at radius 3 is 2.38 bits per heavy atom. The minimum atomic E-state index is -3.80. The third-order valence-electron chi connectivity index (χ3n) is 4.06. The van der Waals surface area contributed by atoms with Crippen molar-refractivity contribution in [2.45, 2.75) is 42.3 Å². The first-order valence-electron chi connectivity index (χ1n) is 8.36. The summed E-state index contributed by atoms with van der Waals surface area (Å²) < 4.78 is 56.9. The topological polar surface area (TPSA) is 92.8 Å². The van der Waals surface area contributed by atoms with E-state index in [1.165, 1.54) is 18.2 Å². The summed E-state index contributed by atoms with van der Waals surface area (Å²) in [7, 11) is -7.29. The highest BCUT2D eigenvalue weighted by molar-refractivity contribution is 9.10. The van der Waals surface area contributed by atoms with Crippen molar-refractivity contribution in [1.82, 2.24) is 9.62 Å². The molecule has 0 aromatic heterocycles. The average molecular weight is 469 g/mol. The molecule has 2 atom stereocenters. The molecule has 0 spiro atoms. The number of halogens is 1. The van der Waals surface area contributed by atoms with Gasteiger partial charge in [-0.15, -0.1) is 0 Å². The summed E-state index contributed by atoms with van der Waals surface area (Å²) in [5.41, 5.74) is 0. The molecule has 26 heavy (non-hydrogen) atoms. The second-order valence-corrected chi connectivity index (χ2v) is 11.2. The Hall–Kier alpha value is -0.520. The second-order valence-electron chi connectivity index (χ2n) is 6.63. The summed E-state index contributed by atoms with van der Waals surface area (Å²) in [5.74, 6) is 0. The summed E-state index contributed by atoms with van der Waals surface area (Å²) >= 11 is 3.18. The average Bonchev–Trinajstić information content (AvgIpc) is 2.50. The van der Waals surface area contributed by atoms with E-state index in [2.05, 4.69) is 25.6 Å². The molecule has 1 aliphatic heterocycles. The molecule has 1 aromatic carbocycles. The SMILES string of the molecule is CC1CN(CCCNS(=O)(=O)c2cc(S(C)(=O)=O)ccc2Br)CC(C)O1. The summed E-state index contributed by atoms with van der Waals surface area (Å²) in [6.07, 6.45) is 2.04. The third kappa shape index (κ3) is 6.00. The highest BCUT2D eigenvalue weighted by atomic mass is 79.9. The number of ether oxygens (including phenoxy) is 1. The van der Waals surface area contributed by atoms with Crippen LogP contribution in [0.5, 0.6) is 0 Å². The molecule has 0 aliphatic carbocycles. The molecule has 10 heteroatoms. The molecular formula is C16H25BrN2O5S2. The van der Waals surface area contributed by atoms with Gasteiger partial charge in [-0.1, -0.05) is 0 Å². The van der Waals surface area contributed by atoms with E-state index in [9.17, 15) is 16.8 Å². The van der Waals surface area contributed by atoms with Crippen LogP contribution < -0.4 is 4.72 Å². The van der Waals surface area contributed by atoms with Crippen LogP contribution >= 0.6 is 15.9 Å². The molecule has 0 amide bonds. The first kappa shape index (κ1) is 21.8. The van der Waals surface area contributed by atoms with E-state index >= 15 is 0 Å². The van der Waals surface area contributed by atoms with Crippen molar-refractivity contribution in [3.63, 3.8) is 0 Å². The van der Waals surface area contributed by atoms with E-state index in [0.29, 0.717) is 10.9 Å². The van der Waals surface area contributed by atoms with Gasteiger partial charge in [0, 0.05) is 30.4 Å². The predicted molar refractivity (Wildman–Crippen MR) is 104 cm³/mol. The fraction of sp³-hybridized carbons (Fsp3) is 0.625. The Bertz CT molecular complexity index is 832. The van der Waals surface area contributed by atoms with Crippen LogP contribution in [-0.2, 0) is 24.6 Å². The Labute approximate surface area is 164 Å². The molecule has 1 heterocycles. The molecule has 1 N–H and O–H groups in total. The molecule has 0 bridgehead atoms. The highest BCUT2D eigenvalue weighted by Gasteiger charge is 2.23. The maximum Gasteiger partial charge on any atom is 0.241 e. The zero-order valence-corrected chi connectivity index (χ0v) is 18.3. The van der Waals surface area contributed by atoms with Gasteiger partial charge in [-0.05, 0) is 60.9 Å². The van der Waals surface area contributed by atoms with Gasteiger partial charge in [-0.25, -0.2) is 21.6 Å². The standard InChI is InChI=1S/C16H25BrN2O5S2/c1-12-10-19(11-13(2)24-12)8-4-7-18-26(22,23)16-9-14(25(3,20)21)5-6-15(16)17/h5-6,9,12-13,18H,4,7-8,10-11H2,1-3H3. The molecule has 148 valence electrons. The number of hydrogen-bond acceptors (Lipinski definition) is 6. The van der Waals surface area contributed by atoms with Crippen LogP contribution in [0.25, 0.3) is 0 Å². The Morgan fingerprint density at radius 1 is 1.19 bits per heavy atom. The molecule has 0 saturated carbocycles. The monoisotopic (exact) mass is 468 g/mol. The van der Waals surface area contributed by atoms with Crippen LogP contribution in [0.4, 0.5) is 0 Å². The normalized spacial score (nSPS) is 22.5. The van der Waals surface area contributed by atoms with Gasteiger partial charge in [0.25, 0.3) is 0 Å². The van der Waals surface area contributed by atoms with Crippen molar-refractivity contribution in [1.29, 1.82) is 0 Å². The molecule has 7 nitrogen and oxygen atoms in total. The smallest absolute Gasteiger partial charge is 0.241 e. The summed E-state index contributed by atoms with van der Waals surface area (Å²) in [4.78, 5) is 2.15. The lowest BCUT2D eigenvalue weighted by molar-refractivity contribution is -0.0679. The fourth-order valence-corrected chi connectivity index (χ4v) is 5.76. The van der Waals surface area contributed by atoms with Crippen LogP contribution in [0.3, 0.4) is 0 Å². The molecular weight excluding hydrogens is 444 g/mol. The quantitative estimate of drug-likeness (QED) is 0.611. The number of nitrogens with zero attached hydrogens (tertiary/aromatic N) is 1. The zero-order valence-electron chi connectivity index (χ0n) is 15.1. The van der Waals surface area contributed by atoms with Gasteiger partial charge in [0.2, 0.25) is 10.0 Å². The number of sulfone groups is 1. The van der Waals surface area contributed by atoms with Crippen molar-refractivity contribution in [2.24, 2.45) is 0 Å². The van der Waals surface area contributed by atoms with Crippen molar-refractivity contribution in [3.8, 4) is 0 Å². The predicted octanol–water partition coefficient (Wildman–Crippen LogP) is 1.63. The number of hydrogen-bond donors (Lipinski definition) is 1. The van der Waals surface area contributed by atoms with Crippen LogP contribution in [0, 0.1) is 0 Å². The number of benzene rings is 1. The number of morpholine rings is 1. The van der Waals surface area contributed by atoms with Gasteiger partial charge in [0.15, 0.2) is 9.84 Å². The first-order valence-corrected chi connectivity index (χ1v) is 12.5. The number of rotatable bonds is 7. The molecule has 0 radical (unpaired) electrons. The van der Waals surface area contributed by atoms with Crippen molar-refractivity contribution in [3.05, 3.63) is 22.7 Å². The van der Waals surface area contributed by atoms with Gasteiger partial charge in [-0.3, -0.25) is 4.90 Å². The lowest BCUT2D eigenvalue weighted by Gasteiger charge is -2.35. The van der Waals surface area contributed by atoms with Crippen molar-refractivity contribution < 1.29 is 21.6 Å². The minimum Gasteiger partial charge on any atom is -0.373 e. The third-order valence-corrected chi connectivity index (χ3v) is 7.62. The summed E-state index contributed by atoms with van der Waals surface area (Å²) in [5, 5.41) is 0. The fourth-order valence-electron chi connectivity index (χ4n) is 2.97. The molecule has 1 aromatic rings. The van der Waals surface area contributed by atoms with E-state index in [4.69, 9.17) is 4.74 Å². The van der Waals surface area contributed by atoms with Crippen molar-refractivity contribution in [2.75, 3.05) is 32.4 Å². The van der Waals surface area contributed by atoms with Crippen LogP contribution in [0.2, 0.25) is 0 Å². The first-order chi connectivity index (χ1) is 12.0. The summed E-state index contributed by atoms with van der Waals surface area (Å²) in [6, 6.07) is 3.98. The largest absolute Gasteiger partial charge is 0.373 e. The van der Waals surface area contributed by atoms with Gasteiger partial charge in [-0.2, -0.15) is 0 Å². The molecule has 2 unspecified atom stereocenters. The second kappa shape index (κ2) is 8.66. The van der Waals surface area contributed by atoms with Gasteiger partial charge in [0.05, 0.1) is 22.0 Å². The van der Waals surface area contributed by atoms with Crippen LogP contribution in [0.15, 0.2) is 32.5 Å². The molecule has 2 rings (SSSR count). The van der Waals surface area contributed by atoms with Crippen molar-refractivity contribution >= 4 is 35.8 Å². The highest BCUT2D eigenvalue weighted by Crippen LogP contribution is 2.25. The molecule has 1 saturated heterocycles.